The number of carbonyl (C=O) groups excluding carboxylic acids is 2. The highest BCUT2D eigenvalue weighted by molar-refractivity contribution is 7.89. The summed E-state index contributed by atoms with van der Waals surface area (Å²) in [5.41, 5.74) is 10.5. The molecule has 0 aliphatic carbocycles. The van der Waals surface area contributed by atoms with Crippen molar-refractivity contribution in [2.24, 2.45) is 16.6 Å². The van der Waals surface area contributed by atoms with E-state index >= 15 is 0 Å². The van der Waals surface area contributed by atoms with Crippen molar-refractivity contribution in [2.75, 3.05) is 13.2 Å². The molecule has 0 fully saturated rings. The number of alkyl halides is 3. The number of rotatable bonds is 12. The summed E-state index contributed by atoms with van der Waals surface area (Å²) in [7, 11) is -4.41. The molecular formula is C21H22ClF3N4O7S. The molecule has 0 amide bonds. The lowest BCUT2D eigenvalue weighted by atomic mass is 10.1. The van der Waals surface area contributed by atoms with Crippen molar-refractivity contribution in [3.63, 3.8) is 0 Å². The Labute approximate surface area is 214 Å². The molecule has 0 spiro atoms. The molecule has 0 saturated carbocycles. The van der Waals surface area contributed by atoms with Crippen LogP contribution in [0.1, 0.15) is 12.0 Å². The van der Waals surface area contributed by atoms with Crippen LogP contribution in [0.15, 0.2) is 58.6 Å². The molecule has 2 rings (SSSR count). The highest BCUT2D eigenvalue weighted by Crippen LogP contribution is 2.20. The molecule has 0 radical (unpaired) electrons. The molecule has 37 heavy (non-hydrogen) atoms. The predicted octanol–water partition coefficient (Wildman–Crippen LogP) is 1.84. The fraction of sp³-hybridized carbons (Fsp3) is 0.286. The number of nitrogens with two attached hydrogens (primary N) is 2. The molecule has 2 aromatic carbocycles. The minimum atomic E-state index is -5.46. The van der Waals surface area contributed by atoms with Gasteiger partial charge in [-0.05, 0) is 53.5 Å². The van der Waals surface area contributed by atoms with E-state index in [-0.39, 0.29) is 29.1 Å². The minimum absolute atomic E-state index is 0.185. The van der Waals surface area contributed by atoms with Crippen LogP contribution in [0.5, 0.6) is 5.75 Å². The first-order valence-corrected chi connectivity index (χ1v) is 12.2. The van der Waals surface area contributed by atoms with E-state index in [9.17, 15) is 31.2 Å². The lowest BCUT2D eigenvalue weighted by Crippen LogP contribution is -2.45. The van der Waals surface area contributed by atoms with Crippen LogP contribution in [0.2, 0.25) is 5.02 Å². The number of nitrogens with zero attached hydrogens (tertiary/aromatic N) is 1. The van der Waals surface area contributed by atoms with Gasteiger partial charge in [0.05, 0.1) is 11.5 Å². The van der Waals surface area contributed by atoms with Gasteiger partial charge < -0.3 is 25.8 Å². The standard InChI is InChI=1S/C21H22ClF3N4O7S/c22-14-4-8-16(9-5-14)37(32,33)29-17(18(30)36-19(31)21(23,24)25)12-13-2-6-15(7-3-13)34-10-1-11-35-28-20(26)27/h2-9,17,29H,1,10-12H2,(H4,26,27,28)/t17-/m0/s1. The second-order valence-electron chi connectivity index (χ2n) is 7.23. The van der Waals surface area contributed by atoms with Crippen LogP contribution in [-0.2, 0) is 35.6 Å². The zero-order chi connectivity index (χ0) is 27.6. The molecule has 2 aromatic rings. The smallest absolute Gasteiger partial charge is 0.491 e. The summed E-state index contributed by atoms with van der Waals surface area (Å²) in [6.45, 7) is 0.416. The van der Waals surface area contributed by atoms with E-state index in [4.69, 9.17) is 32.6 Å². The van der Waals surface area contributed by atoms with Crippen LogP contribution in [-0.4, -0.2) is 51.7 Å². The lowest BCUT2D eigenvalue weighted by Gasteiger charge is -2.18. The van der Waals surface area contributed by atoms with Crippen molar-refractivity contribution in [3.8, 4) is 5.75 Å². The number of guanidine groups is 1. The Morgan fingerprint density at radius 1 is 1.03 bits per heavy atom. The number of hydrogen-bond acceptors (Lipinski definition) is 8. The minimum Gasteiger partial charge on any atom is -0.493 e. The van der Waals surface area contributed by atoms with Gasteiger partial charge in [0.25, 0.3) is 0 Å². The summed E-state index contributed by atoms with van der Waals surface area (Å²) in [5.74, 6) is -4.34. The van der Waals surface area contributed by atoms with E-state index in [1.54, 1.807) is 0 Å². The number of halogens is 4. The third-order valence-electron chi connectivity index (χ3n) is 4.31. The lowest BCUT2D eigenvalue weighted by molar-refractivity contribution is -0.202. The molecule has 0 bridgehead atoms. The first-order chi connectivity index (χ1) is 17.3. The third kappa shape index (κ3) is 10.1. The van der Waals surface area contributed by atoms with Crippen LogP contribution in [0, 0.1) is 0 Å². The van der Waals surface area contributed by atoms with E-state index in [1.807, 2.05) is 4.72 Å². The van der Waals surface area contributed by atoms with Crippen molar-refractivity contribution >= 4 is 39.5 Å². The van der Waals surface area contributed by atoms with Gasteiger partial charge in [0.15, 0.2) is 0 Å². The third-order valence-corrected chi connectivity index (χ3v) is 6.05. The fourth-order valence-corrected chi connectivity index (χ4v) is 3.96. The molecular weight excluding hydrogens is 545 g/mol. The SMILES string of the molecule is NC(N)=NOCCCOc1ccc(C[C@H](NS(=O)(=O)c2ccc(Cl)cc2)C(=O)OC(=O)C(F)(F)F)cc1. The Morgan fingerprint density at radius 2 is 1.65 bits per heavy atom. The van der Waals surface area contributed by atoms with E-state index in [1.165, 1.54) is 36.4 Å². The van der Waals surface area contributed by atoms with Gasteiger partial charge in [0.1, 0.15) is 18.4 Å². The first-order valence-electron chi connectivity index (χ1n) is 10.3. The topological polar surface area (TPSA) is 172 Å². The van der Waals surface area contributed by atoms with E-state index in [2.05, 4.69) is 9.89 Å². The maximum atomic E-state index is 12.7. The van der Waals surface area contributed by atoms with Crippen LogP contribution in [0.4, 0.5) is 13.2 Å². The summed E-state index contributed by atoms with van der Waals surface area (Å²) >= 11 is 5.74. The maximum Gasteiger partial charge on any atom is 0.491 e. The zero-order valence-corrected chi connectivity index (χ0v) is 20.5. The van der Waals surface area contributed by atoms with Crippen LogP contribution >= 0.6 is 11.6 Å². The van der Waals surface area contributed by atoms with Crippen LogP contribution in [0.3, 0.4) is 0 Å². The summed E-state index contributed by atoms with van der Waals surface area (Å²) in [6.07, 6.45) is -5.46. The van der Waals surface area contributed by atoms with Gasteiger partial charge in [-0.2, -0.15) is 17.9 Å². The number of esters is 2. The number of benzene rings is 2. The molecule has 11 nitrogen and oxygen atoms in total. The van der Waals surface area contributed by atoms with Gasteiger partial charge in [-0.25, -0.2) is 18.0 Å². The Bertz CT molecular complexity index is 1200. The predicted molar refractivity (Wildman–Crippen MR) is 125 cm³/mol. The molecule has 16 heteroatoms. The summed E-state index contributed by atoms with van der Waals surface area (Å²) < 4.78 is 74.4. The van der Waals surface area contributed by atoms with Crippen molar-refractivity contribution < 1.29 is 45.5 Å². The zero-order valence-electron chi connectivity index (χ0n) is 18.9. The Balaban J connectivity index is 2.11. The molecule has 5 N–H and O–H groups in total. The van der Waals surface area contributed by atoms with E-state index in [0.29, 0.717) is 17.7 Å². The fourth-order valence-electron chi connectivity index (χ4n) is 2.65. The van der Waals surface area contributed by atoms with Gasteiger partial charge >= 0.3 is 18.1 Å². The van der Waals surface area contributed by atoms with Gasteiger partial charge in [0, 0.05) is 11.4 Å². The Kier molecular flexibility index (Phi) is 10.5. The molecule has 0 aliphatic heterocycles. The van der Waals surface area contributed by atoms with Gasteiger partial charge in [-0.15, -0.1) is 0 Å². The molecule has 1 atom stereocenters. The molecule has 202 valence electrons. The second kappa shape index (κ2) is 13.1. The summed E-state index contributed by atoms with van der Waals surface area (Å²) in [6, 6.07) is 8.80. The van der Waals surface area contributed by atoms with Crippen molar-refractivity contribution in [3.05, 3.63) is 59.1 Å². The van der Waals surface area contributed by atoms with Gasteiger partial charge in [-0.3, -0.25) is 0 Å². The molecule has 0 aliphatic rings. The number of sulfonamides is 1. The van der Waals surface area contributed by atoms with Crippen LogP contribution < -0.4 is 20.9 Å². The van der Waals surface area contributed by atoms with E-state index in [0.717, 1.165) is 12.1 Å². The van der Waals surface area contributed by atoms with Gasteiger partial charge in [-0.1, -0.05) is 23.7 Å². The molecule has 0 aromatic heterocycles. The van der Waals surface area contributed by atoms with E-state index < -0.39 is 40.6 Å². The molecule has 0 unspecified atom stereocenters. The summed E-state index contributed by atoms with van der Waals surface area (Å²) in [4.78, 5) is 28.0. The van der Waals surface area contributed by atoms with Crippen LogP contribution in [0.25, 0.3) is 0 Å². The van der Waals surface area contributed by atoms with Crippen molar-refractivity contribution in [1.82, 2.24) is 4.72 Å². The monoisotopic (exact) mass is 566 g/mol. The highest BCUT2D eigenvalue weighted by Gasteiger charge is 2.43. The highest BCUT2D eigenvalue weighted by atomic mass is 35.5. The molecule has 0 saturated heterocycles. The molecule has 0 heterocycles. The van der Waals surface area contributed by atoms with Crippen molar-refractivity contribution in [2.45, 2.75) is 30.0 Å². The Hall–Kier alpha value is -3.56. The number of oxime groups is 1. The first kappa shape index (κ1) is 29.7. The Morgan fingerprint density at radius 3 is 2.22 bits per heavy atom. The number of carbonyl (C=O) groups is 2. The average molecular weight is 567 g/mol. The number of ether oxygens (including phenoxy) is 2. The summed E-state index contributed by atoms with van der Waals surface area (Å²) in [5, 5.41) is 3.57. The average Bonchev–Trinajstić information content (AvgIpc) is 2.81. The van der Waals surface area contributed by atoms with Gasteiger partial charge in [0.2, 0.25) is 16.0 Å². The number of hydrogen-bond donors (Lipinski definition) is 3. The maximum absolute atomic E-state index is 12.7. The number of nitrogens with one attached hydrogen (secondary N) is 1. The second-order valence-corrected chi connectivity index (χ2v) is 9.38. The van der Waals surface area contributed by atoms with Crippen molar-refractivity contribution in [1.29, 1.82) is 0 Å². The largest absolute Gasteiger partial charge is 0.493 e. The normalized spacial score (nSPS) is 12.3. The quantitative estimate of drug-likeness (QED) is 0.0865.